The highest BCUT2D eigenvalue weighted by Crippen LogP contribution is 2.17. The molecule has 2 rings (SSSR count). The monoisotopic (exact) mass is 224 g/mol. The third-order valence-corrected chi connectivity index (χ3v) is 2.69. The van der Waals surface area contributed by atoms with Crippen LogP contribution in [0.3, 0.4) is 0 Å². The van der Waals surface area contributed by atoms with Gasteiger partial charge in [0.2, 0.25) is 0 Å². The van der Waals surface area contributed by atoms with Crippen molar-refractivity contribution in [3.05, 3.63) is 5.82 Å². The average Bonchev–Trinajstić information content (AvgIpc) is 2.65. The standard InChI is InChI=1S/C10H16N4O2/c1-7-11-10(16-14-7)13-9(15)12-8-5-3-2-4-6-8/h8H,2-6H2,1H3,(H2,11,12,13,14,15). The van der Waals surface area contributed by atoms with Gasteiger partial charge in [0.1, 0.15) is 0 Å². The van der Waals surface area contributed by atoms with Gasteiger partial charge in [-0.15, -0.1) is 0 Å². The molecule has 1 saturated carbocycles. The molecule has 0 saturated heterocycles. The molecule has 0 spiro atoms. The first kappa shape index (κ1) is 10.9. The first-order valence-corrected chi connectivity index (χ1v) is 5.62. The van der Waals surface area contributed by atoms with Gasteiger partial charge in [0.05, 0.1) is 0 Å². The molecule has 1 aliphatic carbocycles. The lowest BCUT2D eigenvalue weighted by atomic mass is 9.96. The summed E-state index contributed by atoms with van der Waals surface area (Å²) in [6.45, 7) is 1.70. The van der Waals surface area contributed by atoms with E-state index in [0.29, 0.717) is 5.82 Å². The van der Waals surface area contributed by atoms with E-state index in [2.05, 4.69) is 20.8 Å². The summed E-state index contributed by atoms with van der Waals surface area (Å²) in [4.78, 5) is 15.4. The van der Waals surface area contributed by atoms with E-state index >= 15 is 0 Å². The van der Waals surface area contributed by atoms with Gasteiger partial charge >= 0.3 is 12.0 Å². The molecule has 1 aliphatic rings. The van der Waals surface area contributed by atoms with Crippen molar-refractivity contribution in [2.24, 2.45) is 0 Å². The zero-order valence-electron chi connectivity index (χ0n) is 9.32. The fourth-order valence-corrected chi connectivity index (χ4v) is 1.91. The van der Waals surface area contributed by atoms with Gasteiger partial charge in [-0.2, -0.15) is 4.98 Å². The van der Waals surface area contributed by atoms with Crippen LogP contribution in [0.4, 0.5) is 10.8 Å². The van der Waals surface area contributed by atoms with Crippen LogP contribution in [0, 0.1) is 6.92 Å². The molecule has 0 aliphatic heterocycles. The van der Waals surface area contributed by atoms with E-state index in [1.54, 1.807) is 6.92 Å². The Morgan fingerprint density at radius 3 is 2.75 bits per heavy atom. The molecule has 1 aromatic heterocycles. The van der Waals surface area contributed by atoms with E-state index in [-0.39, 0.29) is 18.1 Å². The predicted molar refractivity (Wildman–Crippen MR) is 58.1 cm³/mol. The van der Waals surface area contributed by atoms with Gasteiger partial charge in [-0.25, -0.2) is 4.79 Å². The zero-order valence-corrected chi connectivity index (χ0v) is 9.32. The molecule has 0 radical (unpaired) electrons. The number of carbonyl (C=O) groups excluding carboxylic acids is 1. The van der Waals surface area contributed by atoms with Crippen molar-refractivity contribution in [3.63, 3.8) is 0 Å². The number of nitrogens with one attached hydrogen (secondary N) is 2. The Morgan fingerprint density at radius 2 is 2.12 bits per heavy atom. The maximum atomic E-state index is 11.5. The van der Waals surface area contributed by atoms with Crippen LogP contribution in [-0.2, 0) is 0 Å². The van der Waals surface area contributed by atoms with Crippen molar-refractivity contribution in [2.75, 3.05) is 5.32 Å². The van der Waals surface area contributed by atoms with Crippen molar-refractivity contribution in [2.45, 2.75) is 45.1 Å². The Labute approximate surface area is 93.8 Å². The van der Waals surface area contributed by atoms with Gasteiger partial charge in [-0.1, -0.05) is 24.4 Å². The Balaban J connectivity index is 1.79. The number of amides is 2. The normalized spacial score (nSPS) is 17.1. The molecule has 0 bridgehead atoms. The molecule has 0 atom stereocenters. The largest absolute Gasteiger partial charge is 0.335 e. The lowest BCUT2D eigenvalue weighted by Crippen LogP contribution is -2.39. The lowest BCUT2D eigenvalue weighted by molar-refractivity contribution is 0.243. The van der Waals surface area contributed by atoms with E-state index in [1.807, 2.05) is 0 Å². The van der Waals surface area contributed by atoms with Crippen molar-refractivity contribution in [1.82, 2.24) is 15.5 Å². The first-order chi connectivity index (χ1) is 7.74. The number of aryl methyl sites for hydroxylation is 1. The van der Waals surface area contributed by atoms with Gasteiger partial charge in [-0.05, 0) is 19.8 Å². The number of carbonyl (C=O) groups is 1. The Hall–Kier alpha value is -1.59. The molecule has 6 nitrogen and oxygen atoms in total. The Bertz CT molecular complexity index is 357. The summed E-state index contributed by atoms with van der Waals surface area (Å²) in [5.74, 6) is 0.507. The van der Waals surface area contributed by atoms with Crippen LogP contribution in [0.5, 0.6) is 0 Å². The number of hydrogen-bond acceptors (Lipinski definition) is 4. The number of hydrogen-bond donors (Lipinski definition) is 2. The van der Waals surface area contributed by atoms with Crippen molar-refractivity contribution in [1.29, 1.82) is 0 Å². The summed E-state index contributed by atoms with van der Waals surface area (Å²) in [5, 5.41) is 9.01. The Morgan fingerprint density at radius 1 is 1.38 bits per heavy atom. The number of aromatic nitrogens is 2. The molecule has 0 unspecified atom stereocenters. The first-order valence-electron chi connectivity index (χ1n) is 5.62. The topological polar surface area (TPSA) is 80.0 Å². The number of rotatable bonds is 2. The Kier molecular flexibility index (Phi) is 3.38. The van der Waals surface area contributed by atoms with Gasteiger partial charge in [0.15, 0.2) is 5.82 Å². The molecule has 1 fully saturated rings. The highest BCUT2D eigenvalue weighted by Gasteiger charge is 2.16. The maximum absolute atomic E-state index is 11.5. The smallest absolute Gasteiger partial charge is 0.329 e. The van der Waals surface area contributed by atoms with Crippen molar-refractivity contribution in [3.8, 4) is 0 Å². The molecular formula is C10H16N4O2. The van der Waals surface area contributed by atoms with Crippen LogP contribution in [0.15, 0.2) is 4.52 Å². The van der Waals surface area contributed by atoms with Gasteiger partial charge in [0.25, 0.3) is 0 Å². The summed E-state index contributed by atoms with van der Waals surface area (Å²) in [6, 6.07) is 0.152. The summed E-state index contributed by atoms with van der Waals surface area (Å²) in [7, 11) is 0. The molecule has 2 amide bonds. The zero-order chi connectivity index (χ0) is 11.4. The third kappa shape index (κ3) is 2.95. The van der Waals surface area contributed by atoms with Gasteiger partial charge in [0, 0.05) is 6.04 Å². The second-order valence-electron chi connectivity index (χ2n) is 4.08. The van der Waals surface area contributed by atoms with E-state index in [9.17, 15) is 4.79 Å². The second kappa shape index (κ2) is 4.96. The summed E-state index contributed by atoms with van der Waals surface area (Å²) < 4.78 is 4.79. The van der Waals surface area contributed by atoms with Crippen LogP contribution in [-0.4, -0.2) is 22.2 Å². The summed E-state index contributed by atoms with van der Waals surface area (Å²) >= 11 is 0. The number of anilines is 1. The van der Waals surface area contributed by atoms with Gasteiger partial charge in [-0.3, -0.25) is 5.32 Å². The molecular weight excluding hydrogens is 208 g/mol. The van der Waals surface area contributed by atoms with E-state index < -0.39 is 0 Å². The third-order valence-electron chi connectivity index (χ3n) is 2.69. The van der Waals surface area contributed by atoms with Crippen molar-refractivity contribution >= 4 is 12.0 Å². The molecule has 0 aromatic carbocycles. The summed E-state index contributed by atoms with van der Waals surface area (Å²) in [6.07, 6.45) is 5.74. The fourth-order valence-electron chi connectivity index (χ4n) is 1.91. The minimum atomic E-state index is -0.268. The highest BCUT2D eigenvalue weighted by molar-refractivity contribution is 5.87. The minimum Gasteiger partial charge on any atom is -0.335 e. The van der Waals surface area contributed by atoms with Crippen LogP contribution >= 0.6 is 0 Å². The molecule has 88 valence electrons. The van der Waals surface area contributed by atoms with Crippen LogP contribution in [0.25, 0.3) is 0 Å². The second-order valence-corrected chi connectivity index (χ2v) is 4.08. The average molecular weight is 224 g/mol. The summed E-state index contributed by atoms with van der Waals surface area (Å²) in [5.41, 5.74) is 0. The molecule has 1 heterocycles. The van der Waals surface area contributed by atoms with Crippen LogP contribution in [0.1, 0.15) is 37.9 Å². The predicted octanol–water partition coefficient (Wildman–Crippen LogP) is 1.83. The van der Waals surface area contributed by atoms with Crippen LogP contribution in [0.2, 0.25) is 0 Å². The van der Waals surface area contributed by atoms with E-state index in [0.717, 1.165) is 12.8 Å². The van der Waals surface area contributed by atoms with E-state index in [4.69, 9.17) is 4.52 Å². The minimum absolute atomic E-state index is 0.144. The van der Waals surface area contributed by atoms with Crippen molar-refractivity contribution < 1.29 is 9.32 Å². The molecule has 2 N–H and O–H groups in total. The maximum Gasteiger partial charge on any atom is 0.329 e. The van der Waals surface area contributed by atoms with Crippen LogP contribution < -0.4 is 10.6 Å². The highest BCUT2D eigenvalue weighted by atomic mass is 16.5. The fraction of sp³-hybridized carbons (Fsp3) is 0.700. The number of nitrogens with zero attached hydrogens (tertiary/aromatic N) is 2. The lowest BCUT2D eigenvalue weighted by Gasteiger charge is -2.22. The van der Waals surface area contributed by atoms with Gasteiger partial charge < -0.3 is 9.84 Å². The molecule has 6 heteroatoms. The number of urea groups is 1. The molecule has 16 heavy (non-hydrogen) atoms. The molecule has 1 aromatic rings. The van der Waals surface area contributed by atoms with E-state index in [1.165, 1.54) is 19.3 Å². The quantitative estimate of drug-likeness (QED) is 0.803. The SMILES string of the molecule is Cc1noc(NC(=O)NC2CCCCC2)n1.